The van der Waals surface area contributed by atoms with E-state index in [1.807, 2.05) is 24.4 Å². The third-order valence-corrected chi connectivity index (χ3v) is 2.80. The Kier molecular flexibility index (Phi) is 2.21. The molecule has 0 amide bonds. The van der Waals surface area contributed by atoms with Crippen molar-refractivity contribution < 1.29 is 0 Å². The molecular weight excluding hydrogens is 160 g/mol. The summed E-state index contributed by atoms with van der Waals surface area (Å²) < 4.78 is 0. The van der Waals surface area contributed by atoms with E-state index in [9.17, 15) is 0 Å². The molecule has 0 saturated heterocycles. The minimum Gasteiger partial charge on any atom is -0.365 e. The molecule has 0 aromatic carbocycles. The van der Waals surface area contributed by atoms with Gasteiger partial charge in [0.05, 0.1) is 0 Å². The van der Waals surface area contributed by atoms with Gasteiger partial charge < -0.3 is 5.32 Å². The average Bonchev–Trinajstić information content (AvgIpc) is 2.54. The molecular formula is C11H16N2. The standard InChI is InChI=1S/C11H16N2/c1-11(7-3-4-8-11)13-10-6-2-5-9-12-10/h2,5-6,9H,3-4,7-8H2,1H3,(H,12,13). The molecule has 1 heterocycles. The second-order valence-corrected chi connectivity index (χ2v) is 4.11. The first kappa shape index (κ1) is 8.54. The van der Waals surface area contributed by atoms with Crippen molar-refractivity contribution in [3.05, 3.63) is 24.4 Å². The monoisotopic (exact) mass is 176 g/mol. The fraction of sp³-hybridized carbons (Fsp3) is 0.545. The van der Waals surface area contributed by atoms with E-state index in [0.717, 1.165) is 5.82 Å². The van der Waals surface area contributed by atoms with Crippen LogP contribution in [0.4, 0.5) is 5.82 Å². The number of hydrogen-bond donors (Lipinski definition) is 1. The van der Waals surface area contributed by atoms with E-state index in [-0.39, 0.29) is 5.54 Å². The molecule has 1 aromatic heterocycles. The van der Waals surface area contributed by atoms with Crippen LogP contribution in [-0.4, -0.2) is 10.5 Å². The Balaban J connectivity index is 2.05. The molecule has 2 heteroatoms. The topological polar surface area (TPSA) is 24.9 Å². The maximum Gasteiger partial charge on any atom is 0.126 e. The van der Waals surface area contributed by atoms with Crippen LogP contribution in [0.1, 0.15) is 32.6 Å². The van der Waals surface area contributed by atoms with Gasteiger partial charge >= 0.3 is 0 Å². The molecule has 1 aliphatic rings. The molecule has 0 atom stereocenters. The minimum atomic E-state index is 0.286. The molecule has 2 nitrogen and oxygen atoms in total. The highest BCUT2D eigenvalue weighted by Gasteiger charge is 2.28. The second kappa shape index (κ2) is 3.36. The summed E-state index contributed by atoms with van der Waals surface area (Å²) in [7, 11) is 0. The van der Waals surface area contributed by atoms with E-state index in [1.54, 1.807) is 0 Å². The zero-order valence-electron chi connectivity index (χ0n) is 8.09. The lowest BCUT2D eigenvalue weighted by atomic mass is 10.0. The van der Waals surface area contributed by atoms with Crippen molar-refractivity contribution in [3.8, 4) is 0 Å². The number of hydrogen-bond acceptors (Lipinski definition) is 2. The Morgan fingerprint density at radius 3 is 2.69 bits per heavy atom. The second-order valence-electron chi connectivity index (χ2n) is 4.11. The van der Waals surface area contributed by atoms with Crippen LogP contribution in [0.25, 0.3) is 0 Å². The highest BCUT2D eigenvalue weighted by atomic mass is 15.0. The first-order chi connectivity index (χ1) is 6.29. The van der Waals surface area contributed by atoms with Crippen molar-refractivity contribution in [1.29, 1.82) is 0 Å². The van der Waals surface area contributed by atoms with Gasteiger partial charge in [-0.1, -0.05) is 18.9 Å². The maximum atomic E-state index is 4.28. The molecule has 0 aliphatic heterocycles. The van der Waals surface area contributed by atoms with Crippen LogP contribution >= 0.6 is 0 Å². The van der Waals surface area contributed by atoms with Crippen LogP contribution in [0, 0.1) is 0 Å². The van der Waals surface area contributed by atoms with E-state index in [4.69, 9.17) is 0 Å². The number of pyridine rings is 1. The van der Waals surface area contributed by atoms with Crippen molar-refractivity contribution in [2.45, 2.75) is 38.1 Å². The van der Waals surface area contributed by atoms with Gasteiger partial charge in [0, 0.05) is 11.7 Å². The SMILES string of the molecule is CC1(Nc2ccccn2)CCCC1. The van der Waals surface area contributed by atoms with Gasteiger partial charge in [-0.25, -0.2) is 4.98 Å². The Labute approximate surface area is 79.4 Å². The first-order valence-electron chi connectivity index (χ1n) is 4.98. The summed E-state index contributed by atoms with van der Waals surface area (Å²) in [6, 6.07) is 6.00. The lowest BCUT2D eigenvalue weighted by Crippen LogP contribution is -2.31. The van der Waals surface area contributed by atoms with Crippen molar-refractivity contribution in [1.82, 2.24) is 4.98 Å². The van der Waals surface area contributed by atoms with E-state index in [0.29, 0.717) is 0 Å². The summed E-state index contributed by atoms with van der Waals surface area (Å²) in [6.07, 6.45) is 7.06. The number of rotatable bonds is 2. The minimum absolute atomic E-state index is 0.286. The molecule has 1 N–H and O–H groups in total. The first-order valence-corrected chi connectivity index (χ1v) is 4.98. The summed E-state index contributed by atoms with van der Waals surface area (Å²) in [4.78, 5) is 4.28. The van der Waals surface area contributed by atoms with Crippen molar-refractivity contribution in [3.63, 3.8) is 0 Å². The third-order valence-electron chi connectivity index (χ3n) is 2.80. The highest BCUT2D eigenvalue weighted by Crippen LogP contribution is 2.31. The highest BCUT2D eigenvalue weighted by molar-refractivity contribution is 5.36. The molecule has 70 valence electrons. The molecule has 13 heavy (non-hydrogen) atoms. The number of aromatic nitrogens is 1. The van der Waals surface area contributed by atoms with Crippen LogP contribution < -0.4 is 5.32 Å². The van der Waals surface area contributed by atoms with Crippen LogP contribution in [0.15, 0.2) is 24.4 Å². The smallest absolute Gasteiger partial charge is 0.126 e. The summed E-state index contributed by atoms with van der Waals surface area (Å²) in [5, 5.41) is 3.51. The van der Waals surface area contributed by atoms with E-state index in [1.165, 1.54) is 25.7 Å². The Hall–Kier alpha value is -1.05. The normalized spacial score (nSPS) is 20.1. The van der Waals surface area contributed by atoms with Crippen LogP contribution in [0.3, 0.4) is 0 Å². The maximum absolute atomic E-state index is 4.28. The lowest BCUT2D eigenvalue weighted by molar-refractivity contribution is 0.531. The lowest BCUT2D eigenvalue weighted by Gasteiger charge is -2.25. The van der Waals surface area contributed by atoms with Gasteiger partial charge in [0.15, 0.2) is 0 Å². The molecule has 0 unspecified atom stereocenters. The van der Waals surface area contributed by atoms with Gasteiger partial charge in [-0.3, -0.25) is 0 Å². The van der Waals surface area contributed by atoms with Crippen LogP contribution in [0.5, 0.6) is 0 Å². The molecule has 2 rings (SSSR count). The fourth-order valence-corrected chi connectivity index (χ4v) is 2.03. The zero-order valence-corrected chi connectivity index (χ0v) is 8.09. The Morgan fingerprint density at radius 1 is 1.31 bits per heavy atom. The van der Waals surface area contributed by atoms with Crippen molar-refractivity contribution >= 4 is 5.82 Å². The van der Waals surface area contributed by atoms with Gasteiger partial charge in [-0.2, -0.15) is 0 Å². The quantitative estimate of drug-likeness (QED) is 0.749. The summed E-state index contributed by atoms with van der Waals surface area (Å²) >= 11 is 0. The summed E-state index contributed by atoms with van der Waals surface area (Å²) in [5.74, 6) is 1.01. The number of nitrogens with one attached hydrogen (secondary N) is 1. The third kappa shape index (κ3) is 2.00. The van der Waals surface area contributed by atoms with Crippen LogP contribution in [-0.2, 0) is 0 Å². The Morgan fingerprint density at radius 2 is 2.08 bits per heavy atom. The van der Waals surface area contributed by atoms with E-state index < -0.39 is 0 Å². The molecule has 1 fully saturated rings. The van der Waals surface area contributed by atoms with Crippen molar-refractivity contribution in [2.24, 2.45) is 0 Å². The van der Waals surface area contributed by atoms with Gasteiger partial charge in [-0.15, -0.1) is 0 Å². The Bertz CT molecular complexity index is 263. The molecule has 1 aromatic rings. The van der Waals surface area contributed by atoms with E-state index >= 15 is 0 Å². The average molecular weight is 176 g/mol. The largest absolute Gasteiger partial charge is 0.365 e. The summed E-state index contributed by atoms with van der Waals surface area (Å²) in [5.41, 5.74) is 0.286. The van der Waals surface area contributed by atoms with Gasteiger partial charge in [0.1, 0.15) is 5.82 Å². The van der Waals surface area contributed by atoms with E-state index in [2.05, 4.69) is 17.2 Å². The molecule has 0 radical (unpaired) electrons. The van der Waals surface area contributed by atoms with Gasteiger partial charge in [0.25, 0.3) is 0 Å². The molecule has 1 saturated carbocycles. The number of anilines is 1. The molecule has 1 aliphatic carbocycles. The predicted octanol–water partition coefficient (Wildman–Crippen LogP) is 2.83. The molecule has 0 spiro atoms. The van der Waals surface area contributed by atoms with Gasteiger partial charge in [0.2, 0.25) is 0 Å². The van der Waals surface area contributed by atoms with Crippen LogP contribution in [0.2, 0.25) is 0 Å². The predicted molar refractivity (Wildman–Crippen MR) is 54.7 cm³/mol. The zero-order chi connectivity index (χ0) is 9.15. The summed E-state index contributed by atoms with van der Waals surface area (Å²) in [6.45, 7) is 2.29. The molecule has 0 bridgehead atoms. The fourth-order valence-electron chi connectivity index (χ4n) is 2.03. The van der Waals surface area contributed by atoms with Gasteiger partial charge in [-0.05, 0) is 31.9 Å². The van der Waals surface area contributed by atoms with Crippen molar-refractivity contribution in [2.75, 3.05) is 5.32 Å². The number of nitrogens with zero attached hydrogens (tertiary/aromatic N) is 1.